The third-order valence-corrected chi connectivity index (χ3v) is 5.23. The summed E-state index contributed by atoms with van der Waals surface area (Å²) in [5.41, 5.74) is 4.91. The maximum Gasteiger partial charge on any atom is 0.314 e. The van der Waals surface area contributed by atoms with Gasteiger partial charge < -0.3 is 9.47 Å². The highest BCUT2D eigenvalue weighted by molar-refractivity contribution is 7.13. The summed E-state index contributed by atoms with van der Waals surface area (Å²) in [6.07, 6.45) is 0. The Bertz CT molecular complexity index is 920. The van der Waals surface area contributed by atoms with Crippen LogP contribution in [0.2, 0.25) is 0 Å². The average molecular weight is 381 g/mol. The molecule has 0 amide bonds. The van der Waals surface area contributed by atoms with Gasteiger partial charge in [-0.05, 0) is 60.4 Å². The van der Waals surface area contributed by atoms with Gasteiger partial charge in [0, 0.05) is 4.88 Å². The van der Waals surface area contributed by atoms with Crippen molar-refractivity contribution in [3.8, 4) is 21.9 Å². The molecule has 0 unspecified atom stereocenters. The first-order chi connectivity index (χ1) is 12.9. The van der Waals surface area contributed by atoms with Gasteiger partial charge in [0.15, 0.2) is 5.06 Å². The number of aryl methyl sites for hydroxylation is 2. The number of carbonyl (C=O) groups excluding carboxylic acids is 1. The zero-order valence-electron chi connectivity index (χ0n) is 16.1. The van der Waals surface area contributed by atoms with Gasteiger partial charge in [0.1, 0.15) is 12.4 Å². The lowest BCUT2D eigenvalue weighted by atomic mass is 9.96. The largest absolute Gasteiger partial charge is 0.488 e. The van der Waals surface area contributed by atoms with E-state index >= 15 is 0 Å². The van der Waals surface area contributed by atoms with Crippen molar-refractivity contribution >= 4 is 17.3 Å². The summed E-state index contributed by atoms with van der Waals surface area (Å²) < 4.78 is 11.3. The Balaban J connectivity index is 1.69. The van der Waals surface area contributed by atoms with Crippen LogP contribution in [-0.4, -0.2) is 5.97 Å². The van der Waals surface area contributed by atoms with Crippen LogP contribution < -0.4 is 9.47 Å². The number of hydrogen-bond acceptors (Lipinski definition) is 4. The number of benzene rings is 2. The summed E-state index contributed by atoms with van der Waals surface area (Å²) in [5, 5.41) is 0.608. The van der Waals surface area contributed by atoms with Gasteiger partial charge in [0.05, 0.1) is 5.92 Å². The number of thiophene rings is 1. The van der Waals surface area contributed by atoms with Crippen molar-refractivity contribution in [2.75, 3.05) is 0 Å². The first-order valence-corrected chi connectivity index (χ1v) is 9.85. The van der Waals surface area contributed by atoms with Gasteiger partial charge in [-0.1, -0.05) is 55.5 Å². The van der Waals surface area contributed by atoms with Crippen molar-refractivity contribution in [1.82, 2.24) is 0 Å². The van der Waals surface area contributed by atoms with Crippen LogP contribution in [0.3, 0.4) is 0 Å². The zero-order chi connectivity index (χ0) is 19.4. The summed E-state index contributed by atoms with van der Waals surface area (Å²) in [5.74, 6) is 0.467. The Morgan fingerprint density at radius 1 is 1.00 bits per heavy atom. The molecule has 4 heteroatoms. The average Bonchev–Trinajstić information content (AvgIpc) is 3.07. The van der Waals surface area contributed by atoms with E-state index < -0.39 is 0 Å². The predicted octanol–water partition coefficient (Wildman–Crippen LogP) is 6.17. The fourth-order valence-corrected chi connectivity index (χ4v) is 3.65. The van der Waals surface area contributed by atoms with Crippen molar-refractivity contribution < 1.29 is 14.3 Å². The highest BCUT2D eigenvalue weighted by Gasteiger charge is 2.12. The Labute approximate surface area is 164 Å². The quantitative estimate of drug-likeness (QED) is 0.480. The van der Waals surface area contributed by atoms with Crippen molar-refractivity contribution in [2.24, 2.45) is 5.92 Å². The molecule has 0 saturated carbocycles. The molecule has 3 rings (SSSR count). The third-order valence-electron chi connectivity index (χ3n) is 4.29. The van der Waals surface area contributed by atoms with Gasteiger partial charge in [-0.3, -0.25) is 4.79 Å². The summed E-state index contributed by atoms with van der Waals surface area (Å²) in [7, 11) is 0. The van der Waals surface area contributed by atoms with Gasteiger partial charge in [-0.15, -0.1) is 0 Å². The van der Waals surface area contributed by atoms with E-state index in [2.05, 4.69) is 44.2 Å². The van der Waals surface area contributed by atoms with Crippen molar-refractivity contribution in [2.45, 2.75) is 34.3 Å². The van der Waals surface area contributed by atoms with Crippen LogP contribution in [0.15, 0.2) is 54.6 Å². The predicted molar refractivity (Wildman–Crippen MR) is 110 cm³/mol. The number of esters is 1. The molecule has 0 aliphatic rings. The fraction of sp³-hybridized carbons (Fsp3) is 0.261. The van der Waals surface area contributed by atoms with Crippen LogP contribution in [0.25, 0.3) is 11.1 Å². The normalized spacial score (nSPS) is 10.9. The highest BCUT2D eigenvalue weighted by Crippen LogP contribution is 2.31. The lowest BCUT2D eigenvalue weighted by Gasteiger charge is -2.12. The molecule has 1 heterocycles. The lowest BCUT2D eigenvalue weighted by Crippen LogP contribution is -2.13. The first-order valence-electron chi connectivity index (χ1n) is 9.04. The second kappa shape index (κ2) is 8.40. The summed E-state index contributed by atoms with van der Waals surface area (Å²) in [6, 6.07) is 18.2. The number of hydrogen-bond donors (Lipinski definition) is 0. The molecule has 0 aliphatic heterocycles. The van der Waals surface area contributed by atoms with Crippen molar-refractivity contribution in [1.29, 1.82) is 0 Å². The molecule has 27 heavy (non-hydrogen) atoms. The minimum Gasteiger partial charge on any atom is -0.488 e. The molecule has 0 bridgehead atoms. The van der Waals surface area contributed by atoms with Crippen LogP contribution in [0.5, 0.6) is 10.8 Å². The van der Waals surface area contributed by atoms with Crippen molar-refractivity contribution in [3.63, 3.8) is 0 Å². The molecule has 0 N–H and O–H groups in total. The second-order valence-corrected chi connectivity index (χ2v) is 8.01. The standard InChI is InChI=1S/C23H24O3S/c1-15(2)23(24)26-21-12-11-20(27-21)14-25-19-10-6-9-18(13-19)22-16(3)7-5-8-17(22)4/h5-13,15H,14H2,1-4H3. The second-order valence-electron chi connectivity index (χ2n) is 6.88. The molecule has 0 saturated heterocycles. The molecule has 3 nitrogen and oxygen atoms in total. The van der Waals surface area contributed by atoms with Crippen LogP contribution in [0, 0.1) is 19.8 Å². The Kier molecular flexibility index (Phi) is 5.97. The van der Waals surface area contributed by atoms with Crippen LogP contribution in [-0.2, 0) is 11.4 Å². The molecule has 0 radical (unpaired) electrons. The van der Waals surface area contributed by atoms with Gasteiger partial charge >= 0.3 is 5.97 Å². The molecular formula is C23H24O3S. The van der Waals surface area contributed by atoms with E-state index in [-0.39, 0.29) is 11.9 Å². The summed E-state index contributed by atoms with van der Waals surface area (Å²) in [4.78, 5) is 12.7. The SMILES string of the molecule is Cc1cccc(C)c1-c1cccc(OCc2ccc(OC(=O)C(C)C)s2)c1. The van der Waals surface area contributed by atoms with Gasteiger partial charge in [0.25, 0.3) is 0 Å². The molecule has 0 spiro atoms. The van der Waals surface area contributed by atoms with E-state index in [1.54, 1.807) is 0 Å². The summed E-state index contributed by atoms with van der Waals surface area (Å²) >= 11 is 1.44. The number of rotatable bonds is 6. The molecule has 140 valence electrons. The molecule has 0 aliphatic carbocycles. The smallest absolute Gasteiger partial charge is 0.314 e. The molecule has 1 aromatic heterocycles. The molecule has 0 atom stereocenters. The van der Waals surface area contributed by atoms with Crippen LogP contribution in [0.4, 0.5) is 0 Å². The minimum absolute atomic E-state index is 0.139. The Hall–Kier alpha value is -2.59. The molecule has 3 aromatic rings. The van der Waals surface area contributed by atoms with E-state index in [1.807, 2.05) is 38.1 Å². The van der Waals surface area contributed by atoms with Crippen LogP contribution in [0.1, 0.15) is 29.9 Å². The van der Waals surface area contributed by atoms with E-state index in [0.717, 1.165) is 16.2 Å². The monoisotopic (exact) mass is 380 g/mol. The Morgan fingerprint density at radius 3 is 2.41 bits per heavy atom. The topological polar surface area (TPSA) is 35.5 Å². The van der Waals surface area contributed by atoms with E-state index in [0.29, 0.717) is 11.7 Å². The van der Waals surface area contributed by atoms with Gasteiger partial charge in [-0.2, -0.15) is 0 Å². The third kappa shape index (κ3) is 4.77. The lowest BCUT2D eigenvalue weighted by molar-refractivity contribution is -0.137. The van der Waals surface area contributed by atoms with Crippen LogP contribution >= 0.6 is 11.3 Å². The van der Waals surface area contributed by atoms with Gasteiger partial charge in [-0.25, -0.2) is 0 Å². The molecule has 2 aromatic carbocycles. The Morgan fingerprint density at radius 2 is 1.70 bits per heavy atom. The fourth-order valence-electron chi connectivity index (χ4n) is 2.87. The van der Waals surface area contributed by atoms with E-state index in [9.17, 15) is 4.79 Å². The first kappa shape index (κ1) is 19.2. The number of carbonyl (C=O) groups is 1. The van der Waals surface area contributed by atoms with Crippen molar-refractivity contribution in [3.05, 3.63) is 70.6 Å². The summed E-state index contributed by atoms with van der Waals surface area (Å²) in [6.45, 7) is 8.34. The maximum atomic E-state index is 11.7. The minimum atomic E-state index is -0.217. The zero-order valence-corrected chi connectivity index (χ0v) is 16.9. The molecule has 0 fully saturated rings. The highest BCUT2D eigenvalue weighted by atomic mass is 32.1. The molecular weight excluding hydrogens is 356 g/mol. The van der Waals surface area contributed by atoms with Gasteiger partial charge in [0.2, 0.25) is 0 Å². The maximum absolute atomic E-state index is 11.7. The van der Waals surface area contributed by atoms with E-state index in [1.165, 1.54) is 28.0 Å². The van der Waals surface area contributed by atoms with E-state index in [4.69, 9.17) is 9.47 Å². The number of ether oxygens (including phenoxy) is 2.